The summed E-state index contributed by atoms with van der Waals surface area (Å²) in [5.74, 6) is -1.76. The second kappa shape index (κ2) is 5.50. The zero-order valence-electron chi connectivity index (χ0n) is 9.90. The Hall–Kier alpha value is -1.73. The molecular formula is C12H9N2O3S2-. The van der Waals surface area contributed by atoms with E-state index in [-0.39, 0.29) is 4.32 Å². The van der Waals surface area contributed by atoms with Gasteiger partial charge in [-0.15, -0.1) is 0 Å². The van der Waals surface area contributed by atoms with Crippen LogP contribution in [0.1, 0.15) is 12.5 Å². The molecule has 1 aromatic heterocycles. The first-order valence-electron chi connectivity index (χ1n) is 5.38. The lowest BCUT2D eigenvalue weighted by Crippen LogP contribution is -2.48. The smallest absolute Gasteiger partial charge is 0.266 e. The van der Waals surface area contributed by atoms with Crippen LogP contribution in [0.25, 0.3) is 6.08 Å². The van der Waals surface area contributed by atoms with E-state index in [0.717, 1.165) is 22.2 Å². The van der Waals surface area contributed by atoms with Gasteiger partial charge in [0, 0.05) is 12.4 Å². The average Bonchev–Trinajstić information content (AvgIpc) is 2.65. The summed E-state index contributed by atoms with van der Waals surface area (Å²) in [5, 5.41) is 10.8. The number of carbonyl (C=O) groups excluding carboxylic acids is 2. The predicted molar refractivity (Wildman–Crippen MR) is 73.7 cm³/mol. The minimum Gasteiger partial charge on any atom is -0.548 e. The van der Waals surface area contributed by atoms with Crippen molar-refractivity contribution in [1.82, 2.24) is 9.88 Å². The summed E-state index contributed by atoms with van der Waals surface area (Å²) in [5.41, 5.74) is 0.754. The lowest BCUT2D eigenvalue weighted by Gasteiger charge is -2.23. The number of pyridine rings is 1. The molecule has 1 atom stereocenters. The first-order valence-corrected chi connectivity index (χ1v) is 6.61. The number of thiocarbonyl (C=S) groups is 1. The van der Waals surface area contributed by atoms with Crippen molar-refractivity contribution in [1.29, 1.82) is 0 Å². The zero-order valence-corrected chi connectivity index (χ0v) is 11.5. The fourth-order valence-corrected chi connectivity index (χ4v) is 2.95. The van der Waals surface area contributed by atoms with Gasteiger partial charge in [-0.2, -0.15) is 0 Å². The van der Waals surface area contributed by atoms with Gasteiger partial charge >= 0.3 is 0 Å². The maximum Gasteiger partial charge on any atom is 0.266 e. The minimum atomic E-state index is -1.33. The first-order chi connectivity index (χ1) is 9.00. The van der Waals surface area contributed by atoms with E-state index < -0.39 is 17.9 Å². The zero-order chi connectivity index (χ0) is 14.0. The van der Waals surface area contributed by atoms with Crippen LogP contribution in [-0.4, -0.2) is 32.1 Å². The molecule has 0 N–H and O–H groups in total. The van der Waals surface area contributed by atoms with Gasteiger partial charge in [-0.1, -0.05) is 30.0 Å². The van der Waals surface area contributed by atoms with Crippen molar-refractivity contribution in [3.63, 3.8) is 0 Å². The second-order valence-corrected chi connectivity index (χ2v) is 5.51. The van der Waals surface area contributed by atoms with Crippen LogP contribution < -0.4 is 5.11 Å². The highest BCUT2D eigenvalue weighted by molar-refractivity contribution is 8.26. The van der Waals surface area contributed by atoms with Gasteiger partial charge in [0.15, 0.2) is 0 Å². The van der Waals surface area contributed by atoms with Crippen molar-refractivity contribution in [2.24, 2.45) is 0 Å². The number of hydrogen-bond donors (Lipinski definition) is 0. The number of rotatable bonds is 3. The molecule has 2 rings (SSSR count). The third kappa shape index (κ3) is 2.82. The largest absolute Gasteiger partial charge is 0.548 e. The van der Waals surface area contributed by atoms with Gasteiger partial charge in [0.25, 0.3) is 5.91 Å². The molecule has 1 aromatic rings. The number of aromatic nitrogens is 1. The lowest BCUT2D eigenvalue weighted by molar-refractivity contribution is -0.309. The van der Waals surface area contributed by atoms with E-state index in [1.807, 2.05) is 0 Å². The fourth-order valence-electron chi connectivity index (χ4n) is 1.53. The number of carboxylic acid groups (broad SMARTS) is 1. The standard InChI is InChI=1S/C12H10N2O3S2/c1-7(11(16)17)14-10(15)9(19-12(14)18)5-8-3-2-4-13-6-8/h2-7H,1H3,(H,16,17)/p-1/b9-5-/t7-/m1/s1. The van der Waals surface area contributed by atoms with E-state index in [2.05, 4.69) is 4.98 Å². The summed E-state index contributed by atoms with van der Waals surface area (Å²) in [6, 6.07) is 2.46. The average molecular weight is 293 g/mol. The molecule has 0 saturated carbocycles. The molecule has 0 aliphatic carbocycles. The number of hydrogen-bond acceptors (Lipinski definition) is 6. The maximum absolute atomic E-state index is 12.1. The number of carboxylic acids is 1. The lowest BCUT2D eigenvalue weighted by atomic mass is 10.2. The van der Waals surface area contributed by atoms with Crippen LogP contribution in [0.3, 0.4) is 0 Å². The molecule has 1 amide bonds. The van der Waals surface area contributed by atoms with Gasteiger partial charge in [0.1, 0.15) is 4.32 Å². The van der Waals surface area contributed by atoms with Crippen molar-refractivity contribution in [2.75, 3.05) is 0 Å². The summed E-state index contributed by atoms with van der Waals surface area (Å²) < 4.78 is 0.219. The van der Waals surface area contributed by atoms with Crippen LogP contribution in [0.4, 0.5) is 0 Å². The Labute approximate surface area is 119 Å². The van der Waals surface area contributed by atoms with Crippen LogP contribution in [0.15, 0.2) is 29.4 Å². The molecule has 0 bridgehead atoms. The van der Waals surface area contributed by atoms with Crippen molar-refractivity contribution >= 4 is 46.3 Å². The van der Waals surface area contributed by atoms with Crippen LogP contribution in [-0.2, 0) is 9.59 Å². The number of nitrogens with zero attached hydrogens (tertiary/aromatic N) is 2. The normalized spacial score (nSPS) is 19.0. The van der Waals surface area contributed by atoms with Gasteiger partial charge in [-0.3, -0.25) is 14.7 Å². The number of amides is 1. The van der Waals surface area contributed by atoms with E-state index in [4.69, 9.17) is 12.2 Å². The monoisotopic (exact) mass is 293 g/mol. The van der Waals surface area contributed by atoms with Crippen LogP contribution in [0, 0.1) is 0 Å². The van der Waals surface area contributed by atoms with Gasteiger partial charge in [0.05, 0.1) is 16.9 Å². The van der Waals surface area contributed by atoms with Gasteiger partial charge < -0.3 is 9.90 Å². The fraction of sp³-hybridized carbons (Fsp3) is 0.167. The molecule has 7 heteroatoms. The quantitative estimate of drug-likeness (QED) is 0.594. The molecule has 19 heavy (non-hydrogen) atoms. The highest BCUT2D eigenvalue weighted by atomic mass is 32.2. The molecule has 1 aliphatic rings. The minimum absolute atomic E-state index is 0.219. The number of aliphatic carboxylic acids is 1. The van der Waals surface area contributed by atoms with E-state index in [9.17, 15) is 14.7 Å². The third-order valence-corrected chi connectivity index (χ3v) is 3.86. The Bertz CT molecular complexity index is 572. The third-order valence-electron chi connectivity index (χ3n) is 2.53. The number of carbonyl (C=O) groups is 2. The Morgan fingerprint density at radius 2 is 2.37 bits per heavy atom. The molecule has 1 aliphatic heterocycles. The summed E-state index contributed by atoms with van der Waals surface area (Å²) in [6.45, 7) is 1.37. The molecule has 0 aromatic carbocycles. The van der Waals surface area contributed by atoms with Crippen LogP contribution >= 0.6 is 24.0 Å². The maximum atomic E-state index is 12.1. The molecule has 5 nitrogen and oxygen atoms in total. The summed E-state index contributed by atoms with van der Waals surface area (Å²) in [6.07, 6.45) is 4.86. The molecule has 1 fully saturated rings. The highest BCUT2D eigenvalue weighted by Gasteiger charge is 2.35. The SMILES string of the molecule is C[C@H](C(=O)[O-])N1C(=O)/C(=C/c2cccnc2)SC1=S. The molecule has 1 saturated heterocycles. The number of thioether (sulfide) groups is 1. The van der Waals surface area contributed by atoms with Crippen molar-refractivity contribution in [3.05, 3.63) is 35.0 Å². The van der Waals surface area contributed by atoms with Gasteiger partial charge in [0.2, 0.25) is 0 Å². The van der Waals surface area contributed by atoms with Gasteiger partial charge in [-0.05, 0) is 24.6 Å². The van der Waals surface area contributed by atoms with E-state index in [0.29, 0.717) is 4.91 Å². The van der Waals surface area contributed by atoms with Crippen molar-refractivity contribution in [2.45, 2.75) is 13.0 Å². The van der Waals surface area contributed by atoms with Crippen LogP contribution in [0.2, 0.25) is 0 Å². The van der Waals surface area contributed by atoms with E-state index in [1.165, 1.54) is 6.92 Å². The molecular weight excluding hydrogens is 284 g/mol. The Morgan fingerprint density at radius 3 is 2.95 bits per heavy atom. The van der Waals surface area contributed by atoms with Crippen molar-refractivity contribution in [3.8, 4) is 0 Å². The van der Waals surface area contributed by atoms with Crippen molar-refractivity contribution < 1.29 is 14.7 Å². The molecule has 0 radical (unpaired) electrons. The Morgan fingerprint density at radius 1 is 1.63 bits per heavy atom. The predicted octanol–water partition coefficient (Wildman–Crippen LogP) is 0.421. The van der Waals surface area contributed by atoms with Gasteiger partial charge in [-0.25, -0.2) is 0 Å². The van der Waals surface area contributed by atoms with E-state index >= 15 is 0 Å². The molecule has 2 heterocycles. The highest BCUT2D eigenvalue weighted by Crippen LogP contribution is 2.33. The summed E-state index contributed by atoms with van der Waals surface area (Å²) in [4.78, 5) is 28.3. The molecule has 98 valence electrons. The topological polar surface area (TPSA) is 73.3 Å². The summed E-state index contributed by atoms with van der Waals surface area (Å²) >= 11 is 6.10. The first kappa shape index (κ1) is 13.7. The Balaban J connectivity index is 2.28. The van der Waals surface area contributed by atoms with Crippen LogP contribution in [0.5, 0.6) is 0 Å². The molecule has 0 spiro atoms. The molecule has 0 unspecified atom stereocenters. The summed E-state index contributed by atoms with van der Waals surface area (Å²) in [7, 11) is 0. The van der Waals surface area contributed by atoms with E-state index in [1.54, 1.807) is 30.6 Å². The Kier molecular flexibility index (Phi) is 3.96. The second-order valence-electron chi connectivity index (χ2n) is 3.83.